The summed E-state index contributed by atoms with van der Waals surface area (Å²) in [5, 5.41) is 2.85. The van der Waals surface area contributed by atoms with Crippen LogP contribution in [0.5, 0.6) is 0 Å². The van der Waals surface area contributed by atoms with E-state index in [0.29, 0.717) is 18.4 Å². The molecule has 2 aliphatic rings. The number of fused-ring (bicyclic) bond motifs is 1. The SMILES string of the molecule is CCOC1CC(CC(N)c2ccc3c(c2)CC(=O)N3)C1. The van der Waals surface area contributed by atoms with Gasteiger partial charge in [-0.3, -0.25) is 4.79 Å². The molecule has 3 N–H and O–H groups in total. The number of anilines is 1. The first kappa shape index (κ1) is 13.6. The molecular weight excluding hydrogens is 252 g/mol. The van der Waals surface area contributed by atoms with Crippen LogP contribution in [-0.4, -0.2) is 18.6 Å². The highest BCUT2D eigenvalue weighted by Gasteiger charge is 2.31. The van der Waals surface area contributed by atoms with Gasteiger partial charge < -0.3 is 15.8 Å². The first-order valence-electron chi connectivity index (χ1n) is 7.45. The zero-order valence-electron chi connectivity index (χ0n) is 11.9. The molecule has 1 saturated carbocycles. The zero-order valence-corrected chi connectivity index (χ0v) is 11.9. The van der Waals surface area contributed by atoms with Crippen LogP contribution in [0.4, 0.5) is 5.69 Å². The first-order valence-corrected chi connectivity index (χ1v) is 7.45. The van der Waals surface area contributed by atoms with E-state index in [1.807, 2.05) is 19.1 Å². The lowest BCUT2D eigenvalue weighted by atomic mass is 9.77. The fraction of sp³-hybridized carbons (Fsp3) is 0.562. The van der Waals surface area contributed by atoms with Crippen LogP contribution in [0.15, 0.2) is 18.2 Å². The smallest absolute Gasteiger partial charge is 0.228 e. The third kappa shape index (κ3) is 2.72. The minimum Gasteiger partial charge on any atom is -0.378 e. The van der Waals surface area contributed by atoms with Crippen molar-refractivity contribution in [1.29, 1.82) is 0 Å². The summed E-state index contributed by atoms with van der Waals surface area (Å²) < 4.78 is 5.58. The van der Waals surface area contributed by atoms with E-state index < -0.39 is 0 Å². The van der Waals surface area contributed by atoms with E-state index in [1.165, 1.54) is 0 Å². The number of benzene rings is 1. The molecule has 1 aromatic carbocycles. The van der Waals surface area contributed by atoms with Crippen molar-refractivity contribution in [3.8, 4) is 0 Å². The fourth-order valence-electron chi connectivity index (χ4n) is 3.21. The van der Waals surface area contributed by atoms with Gasteiger partial charge in [0.05, 0.1) is 12.5 Å². The lowest BCUT2D eigenvalue weighted by Gasteiger charge is -2.36. The third-order valence-corrected chi connectivity index (χ3v) is 4.36. The highest BCUT2D eigenvalue weighted by atomic mass is 16.5. The predicted molar refractivity (Wildman–Crippen MR) is 78.5 cm³/mol. The highest BCUT2D eigenvalue weighted by Crippen LogP contribution is 2.37. The van der Waals surface area contributed by atoms with Gasteiger partial charge in [-0.2, -0.15) is 0 Å². The molecule has 1 aliphatic heterocycles. The van der Waals surface area contributed by atoms with Gasteiger partial charge in [0, 0.05) is 18.3 Å². The van der Waals surface area contributed by atoms with E-state index in [4.69, 9.17) is 10.5 Å². The summed E-state index contributed by atoms with van der Waals surface area (Å²) in [7, 11) is 0. The molecule has 4 nitrogen and oxygen atoms in total. The number of hydrogen-bond acceptors (Lipinski definition) is 3. The Morgan fingerprint density at radius 3 is 3.00 bits per heavy atom. The first-order chi connectivity index (χ1) is 9.65. The second-order valence-corrected chi connectivity index (χ2v) is 5.90. The number of hydrogen-bond donors (Lipinski definition) is 2. The molecule has 1 atom stereocenters. The van der Waals surface area contributed by atoms with Gasteiger partial charge in [0.2, 0.25) is 5.91 Å². The number of ether oxygens (including phenoxy) is 1. The summed E-state index contributed by atoms with van der Waals surface area (Å²) >= 11 is 0. The summed E-state index contributed by atoms with van der Waals surface area (Å²) in [5.74, 6) is 0.749. The maximum atomic E-state index is 11.4. The van der Waals surface area contributed by atoms with Gasteiger partial charge in [0.1, 0.15) is 0 Å². The van der Waals surface area contributed by atoms with Crippen LogP contribution in [-0.2, 0) is 16.0 Å². The van der Waals surface area contributed by atoms with E-state index in [2.05, 4.69) is 11.4 Å². The minimum atomic E-state index is 0.0589. The molecule has 1 amide bonds. The Labute approximate surface area is 119 Å². The number of carbonyl (C=O) groups excluding carboxylic acids is 1. The van der Waals surface area contributed by atoms with Crippen LogP contribution in [0.25, 0.3) is 0 Å². The fourth-order valence-corrected chi connectivity index (χ4v) is 3.21. The zero-order chi connectivity index (χ0) is 14.1. The molecule has 0 spiro atoms. The number of rotatable bonds is 5. The van der Waals surface area contributed by atoms with Crippen molar-refractivity contribution in [2.75, 3.05) is 11.9 Å². The number of nitrogens with one attached hydrogen (secondary N) is 1. The lowest BCUT2D eigenvalue weighted by molar-refractivity contribution is -0.115. The van der Waals surface area contributed by atoms with Gasteiger partial charge in [0.15, 0.2) is 0 Å². The van der Waals surface area contributed by atoms with Gasteiger partial charge in [0.25, 0.3) is 0 Å². The Kier molecular flexibility index (Phi) is 3.76. The van der Waals surface area contributed by atoms with E-state index in [9.17, 15) is 4.79 Å². The molecule has 1 fully saturated rings. The Morgan fingerprint density at radius 1 is 1.45 bits per heavy atom. The minimum absolute atomic E-state index is 0.0589. The molecule has 108 valence electrons. The normalized spacial score (nSPS) is 25.8. The standard InChI is InChI=1S/C16H22N2O2/c1-2-20-13-5-10(6-13)7-14(17)11-3-4-15-12(8-11)9-16(19)18-15/h3-4,8,10,13-14H,2,5-7,9,17H2,1H3,(H,18,19). The molecule has 1 heterocycles. The van der Waals surface area contributed by atoms with Crippen molar-refractivity contribution >= 4 is 11.6 Å². The predicted octanol–water partition coefficient (Wildman–Crippen LogP) is 2.39. The molecule has 20 heavy (non-hydrogen) atoms. The summed E-state index contributed by atoms with van der Waals surface area (Å²) in [6, 6.07) is 6.15. The average molecular weight is 274 g/mol. The van der Waals surface area contributed by atoms with Gasteiger partial charge in [-0.15, -0.1) is 0 Å². The number of amides is 1. The Hall–Kier alpha value is -1.39. The molecule has 1 aromatic rings. The summed E-state index contributed by atoms with van der Waals surface area (Å²) in [5.41, 5.74) is 9.46. The van der Waals surface area contributed by atoms with Crippen LogP contribution < -0.4 is 11.1 Å². The maximum Gasteiger partial charge on any atom is 0.228 e. The quantitative estimate of drug-likeness (QED) is 0.866. The molecular formula is C16H22N2O2. The van der Waals surface area contributed by atoms with E-state index in [0.717, 1.165) is 42.7 Å². The van der Waals surface area contributed by atoms with Crippen molar-refractivity contribution in [2.24, 2.45) is 11.7 Å². The maximum absolute atomic E-state index is 11.4. The second kappa shape index (κ2) is 5.54. The van der Waals surface area contributed by atoms with Crippen LogP contribution in [0.2, 0.25) is 0 Å². The molecule has 0 saturated heterocycles. The largest absolute Gasteiger partial charge is 0.378 e. The lowest BCUT2D eigenvalue weighted by Crippen LogP contribution is -2.33. The van der Waals surface area contributed by atoms with Crippen molar-refractivity contribution in [1.82, 2.24) is 0 Å². The molecule has 1 unspecified atom stereocenters. The van der Waals surface area contributed by atoms with Crippen LogP contribution in [0.3, 0.4) is 0 Å². The molecule has 0 radical (unpaired) electrons. The Bertz CT molecular complexity index is 509. The number of carbonyl (C=O) groups is 1. The summed E-state index contributed by atoms with van der Waals surface area (Å²) in [4.78, 5) is 11.4. The van der Waals surface area contributed by atoms with E-state index in [-0.39, 0.29) is 11.9 Å². The molecule has 1 aliphatic carbocycles. The van der Waals surface area contributed by atoms with Crippen molar-refractivity contribution < 1.29 is 9.53 Å². The Balaban J connectivity index is 1.57. The number of nitrogens with two attached hydrogens (primary N) is 1. The monoisotopic (exact) mass is 274 g/mol. The van der Waals surface area contributed by atoms with Gasteiger partial charge in [-0.1, -0.05) is 12.1 Å². The van der Waals surface area contributed by atoms with Crippen molar-refractivity contribution in [3.05, 3.63) is 29.3 Å². The van der Waals surface area contributed by atoms with Crippen molar-refractivity contribution in [3.63, 3.8) is 0 Å². The van der Waals surface area contributed by atoms with Gasteiger partial charge in [-0.25, -0.2) is 0 Å². The summed E-state index contributed by atoms with van der Waals surface area (Å²) in [6.07, 6.45) is 4.19. The highest BCUT2D eigenvalue weighted by molar-refractivity contribution is 5.99. The summed E-state index contributed by atoms with van der Waals surface area (Å²) in [6.45, 7) is 2.84. The molecule has 0 bridgehead atoms. The molecule has 4 heteroatoms. The van der Waals surface area contributed by atoms with Crippen LogP contribution in [0, 0.1) is 5.92 Å². The van der Waals surface area contributed by atoms with Crippen LogP contribution >= 0.6 is 0 Å². The second-order valence-electron chi connectivity index (χ2n) is 5.90. The molecule has 3 rings (SSSR count). The van der Waals surface area contributed by atoms with Crippen LogP contribution in [0.1, 0.15) is 43.4 Å². The van der Waals surface area contributed by atoms with Crippen molar-refractivity contribution in [2.45, 2.75) is 44.8 Å². The topological polar surface area (TPSA) is 64.3 Å². The van der Waals surface area contributed by atoms with E-state index in [1.54, 1.807) is 0 Å². The van der Waals surface area contributed by atoms with Gasteiger partial charge in [-0.05, 0) is 49.3 Å². The molecule has 0 aromatic heterocycles. The Morgan fingerprint density at radius 2 is 2.25 bits per heavy atom. The average Bonchev–Trinajstić information content (AvgIpc) is 2.75. The third-order valence-electron chi connectivity index (χ3n) is 4.36. The van der Waals surface area contributed by atoms with E-state index >= 15 is 0 Å². The van der Waals surface area contributed by atoms with Gasteiger partial charge >= 0.3 is 0 Å².